The van der Waals surface area contributed by atoms with Gasteiger partial charge in [0.2, 0.25) is 10.0 Å². The summed E-state index contributed by atoms with van der Waals surface area (Å²) in [4.78, 5) is 14.1. The lowest BCUT2D eigenvalue weighted by Crippen LogP contribution is -2.45. The smallest absolute Gasteiger partial charge is 0.270 e. The maximum atomic E-state index is 11.8. The predicted molar refractivity (Wildman–Crippen MR) is 83.4 cm³/mol. The van der Waals surface area contributed by atoms with Crippen LogP contribution in [0.5, 0.6) is 0 Å². The highest BCUT2D eigenvalue weighted by atomic mass is 32.2. The Bertz CT molecular complexity index is 675. The molecule has 1 heterocycles. The fourth-order valence-electron chi connectivity index (χ4n) is 2.70. The van der Waals surface area contributed by atoms with Crippen LogP contribution in [0.4, 0.5) is 11.4 Å². The summed E-state index contributed by atoms with van der Waals surface area (Å²) in [5.41, 5.74) is 0.147. The Morgan fingerprint density at radius 3 is 2.64 bits per heavy atom. The minimum atomic E-state index is -4.04. The molecular weight excluding hydrogens is 308 g/mol. The van der Waals surface area contributed by atoms with Crippen molar-refractivity contribution >= 4 is 21.4 Å². The number of hydrogen-bond donors (Lipinski definition) is 1. The van der Waals surface area contributed by atoms with Crippen molar-refractivity contribution in [3.05, 3.63) is 28.3 Å². The lowest BCUT2D eigenvalue weighted by Gasteiger charge is -2.38. The van der Waals surface area contributed by atoms with Crippen LogP contribution in [0.2, 0.25) is 0 Å². The summed E-state index contributed by atoms with van der Waals surface area (Å²) < 4.78 is 23.6. The molecule has 1 saturated heterocycles. The largest absolute Gasteiger partial charge is 0.369 e. The summed E-state index contributed by atoms with van der Waals surface area (Å²) in [5.74, 6) is 0. The zero-order valence-electron chi connectivity index (χ0n) is 12.6. The third-order valence-corrected chi connectivity index (χ3v) is 4.87. The maximum Gasteiger partial charge on any atom is 0.270 e. The molecule has 122 valence electrons. The molecule has 0 spiro atoms. The van der Waals surface area contributed by atoms with E-state index in [1.165, 1.54) is 12.1 Å². The lowest BCUT2D eigenvalue weighted by atomic mass is 10.0. The van der Waals surface area contributed by atoms with Gasteiger partial charge in [-0.2, -0.15) is 0 Å². The first-order valence-electron chi connectivity index (χ1n) is 6.93. The molecule has 22 heavy (non-hydrogen) atoms. The van der Waals surface area contributed by atoms with Crippen molar-refractivity contribution in [1.29, 1.82) is 0 Å². The number of benzene rings is 1. The molecule has 1 unspecified atom stereocenters. The molecule has 0 aromatic heterocycles. The Labute approximate surface area is 129 Å². The van der Waals surface area contributed by atoms with Crippen molar-refractivity contribution in [3.63, 3.8) is 0 Å². The maximum absolute atomic E-state index is 11.8. The minimum Gasteiger partial charge on any atom is -0.369 e. The van der Waals surface area contributed by atoms with Crippen molar-refractivity contribution < 1.29 is 13.3 Å². The van der Waals surface area contributed by atoms with Gasteiger partial charge in [0, 0.05) is 31.3 Å². The highest BCUT2D eigenvalue weighted by molar-refractivity contribution is 7.89. The molecule has 0 radical (unpaired) electrons. The van der Waals surface area contributed by atoms with E-state index in [0.717, 1.165) is 18.9 Å². The van der Waals surface area contributed by atoms with Crippen molar-refractivity contribution in [1.82, 2.24) is 4.90 Å². The first kappa shape index (κ1) is 16.7. The SMILES string of the molecule is CN(C)C1CCCN(c2ccc([N+](=O)[O-])cc2S(N)(=O)=O)C1. The average Bonchev–Trinajstić information content (AvgIpc) is 2.45. The molecule has 0 amide bonds. The Morgan fingerprint density at radius 1 is 1.41 bits per heavy atom. The average molecular weight is 328 g/mol. The summed E-state index contributed by atoms with van der Waals surface area (Å²) in [6.07, 6.45) is 1.95. The monoisotopic (exact) mass is 328 g/mol. The molecule has 0 bridgehead atoms. The van der Waals surface area contributed by atoms with Gasteiger partial charge in [-0.1, -0.05) is 0 Å². The lowest BCUT2D eigenvalue weighted by molar-refractivity contribution is -0.385. The van der Waals surface area contributed by atoms with E-state index in [2.05, 4.69) is 4.90 Å². The van der Waals surface area contributed by atoms with Crippen LogP contribution in [-0.4, -0.2) is 51.5 Å². The van der Waals surface area contributed by atoms with Crippen molar-refractivity contribution in [3.8, 4) is 0 Å². The Morgan fingerprint density at radius 2 is 2.09 bits per heavy atom. The highest BCUT2D eigenvalue weighted by Crippen LogP contribution is 2.31. The number of non-ortho nitro benzene ring substituents is 1. The zero-order valence-corrected chi connectivity index (χ0v) is 13.4. The van der Waals surface area contributed by atoms with Gasteiger partial charge in [0.25, 0.3) is 5.69 Å². The molecule has 2 rings (SSSR count). The second kappa shape index (κ2) is 6.19. The fraction of sp³-hybridized carbons (Fsp3) is 0.538. The van der Waals surface area contributed by atoms with Gasteiger partial charge < -0.3 is 9.80 Å². The van der Waals surface area contributed by atoms with Gasteiger partial charge in [-0.25, -0.2) is 13.6 Å². The van der Waals surface area contributed by atoms with E-state index in [9.17, 15) is 18.5 Å². The fourth-order valence-corrected chi connectivity index (χ4v) is 3.47. The van der Waals surface area contributed by atoms with Gasteiger partial charge in [0.1, 0.15) is 4.90 Å². The first-order chi connectivity index (χ1) is 10.2. The highest BCUT2D eigenvalue weighted by Gasteiger charge is 2.27. The quantitative estimate of drug-likeness (QED) is 0.646. The van der Waals surface area contributed by atoms with E-state index in [4.69, 9.17) is 5.14 Å². The molecule has 8 nitrogen and oxygen atoms in total. The van der Waals surface area contributed by atoms with E-state index in [-0.39, 0.29) is 10.6 Å². The molecule has 0 aliphatic carbocycles. The molecule has 1 aliphatic heterocycles. The van der Waals surface area contributed by atoms with Crippen molar-refractivity contribution in [2.75, 3.05) is 32.1 Å². The molecule has 1 aliphatic rings. The van der Waals surface area contributed by atoms with Crippen LogP contribution in [0.15, 0.2) is 23.1 Å². The molecule has 2 N–H and O–H groups in total. The molecule has 0 saturated carbocycles. The van der Waals surface area contributed by atoms with Gasteiger partial charge in [-0.15, -0.1) is 0 Å². The number of sulfonamides is 1. The van der Waals surface area contributed by atoms with Crippen LogP contribution in [0, 0.1) is 10.1 Å². The summed E-state index contributed by atoms with van der Waals surface area (Å²) in [7, 11) is -0.0827. The number of nitro benzene ring substituents is 1. The molecule has 1 aromatic carbocycles. The van der Waals surface area contributed by atoms with Crippen LogP contribution in [0.3, 0.4) is 0 Å². The van der Waals surface area contributed by atoms with Gasteiger partial charge in [0.15, 0.2) is 0 Å². The Kier molecular flexibility index (Phi) is 4.69. The molecular formula is C13H20N4O4S. The normalized spacial score (nSPS) is 19.5. The van der Waals surface area contributed by atoms with E-state index in [1.807, 2.05) is 19.0 Å². The van der Waals surface area contributed by atoms with E-state index >= 15 is 0 Å². The predicted octanol–water partition coefficient (Wildman–Crippen LogP) is 0.773. The van der Waals surface area contributed by atoms with E-state index < -0.39 is 14.9 Å². The number of likely N-dealkylation sites (N-methyl/N-ethyl adjacent to an activating group) is 1. The second-order valence-corrected chi connectivity index (χ2v) is 7.19. The standard InChI is InChI=1S/C13H20N4O4S/c1-15(2)11-4-3-7-16(9-11)12-6-5-10(17(18)19)8-13(12)22(14,20)21/h5-6,8,11H,3-4,7,9H2,1-2H3,(H2,14,20,21). The van der Waals surface area contributed by atoms with Crippen LogP contribution >= 0.6 is 0 Å². The van der Waals surface area contributed by atoms with Crippen LogP contribution in [0.25, 0.3) is 0 Å². The number of nitrogens with zero attached hydrogens (tertiary/aromatic N) is 3. The van der Waals surface area contributed by atoms with Crippen molar-refractivity contribution in [2.24, 2.45) is 5.14 Å². The van der Waals surface area contributed by atoms with Gasteiger partial charge in [-0.3, -0.25) is 10.1 Å². The zero-order chi connectivity index (χ0) is 16.5. The third kappa shape index (κ3) is 3.54. The first-order valence-corrected chi connectivity index (χ1v) is 8.47. The van der Waals surface area contributed by atoms with Gasteiger partial charge in [-0.05, 0) is 33.0 Å². The Balaban J connectivity index is 2.44. The summed E-state index contributed by atoms with van der Waals surface area (Å²) >= 11 is 0. The van der Waals surface area contributed by atoms with Crippen molar-refractivity contribution in [2.45, 2.75) is 23.8 Å². The number of nitro groups is 1. The molecule has 1 atom stereocenters. The number of anilines is 1. The summed E-state index contributed by atoms with van der Waals surface area (Å²) in [6.45, 7) is 1.36. The topological polar surface area (TPSA) is 110 Å². The van der Waals surface area contributed by atoms with Gasteiger partial charge in [0.05, 0.1) is 10.6 Å². The number of rotatable bonds is 4. The number of primary sulfonamides is 1. The third-order valence-electron chi connectivity index (χ3n) is 3.93. The number of hydrogen-bond acceptors (Lipinski definition) is 6. The number of nitrogens with two attached hydrogens (primary N) is 1. The molecule has 1 aromatic rings. The van der Waals surface area contributed by atoms with E-state index in [0.29, 0.717) is 24.8 Å². The minimum absolute atomic E-state index is 0.193. The van der Waals surface area contributed by atoms with E-state index in [1.54, 1.807) is 0 Å². The summed E-state index contributed by atoms with van der Waals surface area (Å²) in [6, 6.07) is 4.11. The second-order valence-electron chi connectivity index (χ2n) is 5.66. The number of piperidine rings is 1. The van der Waals surface area contributed by atoms with Gasteiger partial charge >= 0.3 is 0 Å². The molecule has 1 fully saturated rings. The Hall–Kier alpha value is -1.71. The van der Waals surface area contributed by atoms with Crippen LogP contribution < -0.4 is 10.0 Å². The van der Waals surface area contributed by atoms with Crippen LogP contribution in [0.1, 0.15) is 12.8 Å². The summed E-state index contributed by atoms with van der Waals surface area (Å²) in [5, 5.41) is 16.1. The molecule has 9 heteroatoms. The van der Waals surface area contributed by atoms with Crippen LogP contribution in [-0.2, 0) is 10.0 Å².